The summed E-state index contributed by atoms with van der Waals surface area (Å²) in [6.07, 6.45) is 1.47. The SMILES string of the molecule is CC(=O)N1CCN(C(=O)c2cc(C(=O)NCc3cccc(C)c3)ccn2)CC1. The van der Waals surface area contributed by atoms with Crippen LogP contribution in [0.15, 0.2) is 42.6 Å². The number of benzene rings is 1. The molecule has 1 aromatic heterocycles. The molecule has 0 radical (unpaired) electrons. The third-order valence-electron chi connectivity index (χ3n) is 4.79. The van der Waals surface area contributed by atoms with Gasteiger partial charge in [-0.15, -0.1) is 0 Å². The Kier molecular flexibility index (Phi) is 6.03. The van der Waals surface area contributed by atoms with Gasteiger partial charge in [0.05, 0.1) is 0 Å². The molecule has 7 heteroatoms. The molecule has 2 heterocycles. The Bertz CT molecular complexity index is 889. The zero-order chi connectivity index (χ0) is 20.1. The predicted octanol–water partition coefficient (Wildman–Crippen LogP) is 1.62. The van der Waals surface area contributed by atoms with E-state index in [2.05, 4.69) is 10.3 Å². The van der Waals surface area contributed by atoms with Crippen molar-refractivity contribution in [3.63, 3.8) is 0 Å². The molecule has 3 rings (SSSR count). The summed E-state index contributed by atoms with van der Waals surface area (Å²) in [4.78, 5) is 44.1. The van der Waals surface area contributed by atoms with E-state index in [0.717, 1.165) is 11.1 Å². The van der Waals surface area contributed by atoms with Gasteiger partial charge in [-0.1, -0.05) is 29.8 Å². The summed E-state index contributed by atoms with van der Waals surface area (Å²) < 4.78 is 0. The van der Waals surface area contributed by atoms with Crippen molar-refractivity contribution in [2.24, 2.45) is 0 Å². The first-order valence-corrected chi connectivity index (χ1v) is 9.28. The van der Waals surface area contributed by atoms with Crippen molar-refractivity contribution in [1.29, 1.82) is 0 Å². The van der Waals surface area contributed by atoms with E-state index < -0.39 is 0 Å². The largest absolute Gasteiger partial charge is 0.348 e. The summed E-state index contributed by atoms with van der Waals surface area (Å²) in [5, 5.41) is 2.87. The highest BCUT2D eigenvalue weighted by Crippen LogP contribution is 2.10. The van der Waals surface area contributed by atoms with Crippen LogP contribution in [0.3, 0.4) is 0 Å². The molecule has 1 aliphatic heterocycles. The van der Waals surface area contributed by atoms with E-state index in [1.165, 1.54) is 19.2 Å². The van der Waals surface area contributed by atoms with E-state index >= 15 is 0 Å². The van der Waals surface area contributed by atoms with Crippen molar-refractivity contribution >= 4 is 17.7 Å². The molecular weight excluding hydrogens is 356 g/mol. The van der Waals surface area contributed by atoms with Gasteiger partial charge in [-0.25, -0.2) is 0 Å². The van der Waals surface area contributed by atoms with Crippen LogP contribution in [0, 0.1) is 6.92 Å². The Morgan fingerprint density at radius 3 is 2.43 bits per heavy atom. The number of hydrogen-bond acceptors (Lipinski definition) is 4. The summed E-state index contributed by atoms with van der Waals surface area (Å²) >= 11 is 0. The lowest BCUT2D eigenvalue weighted by Gasteiger charge is -2.34. The van der Waals surface area contributed by atoms with Crippen molar-refractivity contribution in [2.45, 2.75) is 20.4 Å². The molecule has 0 saturated carbocycles. The molecular formula is C21H24N4O3. The fourth-order valence-corrected chi connectivity index (χ4v) is 3.18. The maximum absolute atomic E-state index is 12.7. The molecule has 0 bridgehead atoms. The summed E-state index contributed by atoms with van der Waals surface area (Å²) in [5.41, 5.74) is 2.78. The maximum Gasteiger partial charge on any atom is 0.272 e. The number of amides is 3. The van der Waals surface area contributed by atoms with Crippen LogP contribution < -0.4 is 5.32 Å². The second-order valence-corrected chi connectivity index (χ2v) is 6.90. The lowest BCUT2D eigenvalue weighted by Crippen LogP contribution is -2.50. The molecule has 0 spiro atoms. The fourth-order valence-electron chi connectivity index (χ4n) is 3.18. The molecule has 146 valence electrons. The van der Waals surface area contributed by atoms with Crippen molar-refractivity contribution < 1.29 is 14.4 Å². The van der Waals surface area contributed by atoms with Crippen LogP contribution in [0.1, 0.15) is 38.9 Å². The van der Waals surface area contributed by atoms with Crippen molar-refractivity contribution in [3.8, 4) is 0 Å². The van der Waals surface area contributed by atoms with Crippen LogP contribution in [0.5, 0.6) is 0 Å². The van der Waals surface area contributed by atoms with Gasteiger partial charge in [-0.2, -0.15) is 0 Å². The Morgan fingerprint density at radius 2 is 1.75 bits per heavy atom. The minimum atomic E-state index is -0.251. The van der Waals surface area contributed by atoms with E-state index in [0.29, 0.717) is 38.3 Å². The third-order valence-corrected chi connectivity index (χ3v) is 4.79. The highest BCUT2D eigenvalue weighted by molar-refractivity contribution is 5.98. The third kappa shape index (κ3) is 4.73. The average Bonchev–Trinajstić information content (AvgIpc) is 2.71. The number of piperazine rings is 1. The summed E-state index contributed by atoms with van der Waals surface area (Å²) in [7, 11) is 0. The van der Waals surface area contributed by atoms with Crippen LogP contribution in [0.25, 0.3) is 0 Å². The van der Waals surface area contributed by atoms with Gasteiger partial charge in [0.1, 0.15) is 5.69 Å². The Balaban J connectivity index is 1.62. The topological polar surface area (TPSA) is 82.6 Å². The number of hydrogen-bond donors (Lipinski definition) is 1. The standard InChI is InChI=1S/C21H24N4O3/c1-15-4-3-5-17(12-15)14-23-20(27)18-6-7-22-19(13-18)21(28)25-10-8-24(9-11-25)16(2)26/h3-7,12-13H,8-11,14H2,1-2H3,(H,23,27). The van der Waals surface area contributed by atoms with Gasteiger partial charge in [0.15, 0.2) is 0 Å². The lowest BCUT2D eigenvalue weighted by atomic mass is 10.1. The molecule has 1 fully saturated rings. The van der Waals surface area contributed by atoms with Gasteiger partial charge >= 0.3 is 0 Å². The van der Waals surface area contributed by atoms with Crippen LogP contribution >= 0.6 is 0 Å². The summed E-state index contributed by atoms with van der Waals surface area (Å²) in [5.74, 6) is -0.464. The first kappa shape index (κ1) is 19.5. The summed E-state index contributed by atoms with van der Waals surface area (Å²) in [6, 6.07) is 11.0. The maximum atomic E-state index is 12.7. The first-order chi connectivity index (χ1) is 13.4. The number of aromatic nitrogens is 1. The fraction of sp³-hybridized carbons (Fsp3) is 0.333. The molecule has 0 atom stereocenters. The number of carbonyl (C=O) groups is 3. The van der Waals surface area contributed by atoms with E-state index in [-0.39, 0.29) is 23.4 Å². The van der Waals surface area contributed by atoms with Gasteiger partial charge in [-0.3, -0.25) is 19.4 Å². The van der Waals surface area contributed by atoms with Crippen molar-refractivity contribution in [1.82, 2.24) is 20.1 Å². The number of aryl methyl sites for hydroxylation is 1. The molecule has 1 N–H and O–H groups in total. The van der Waals surface area contributed by atoms with Crippen molar-refractivity contribution in [3.05, 3.63) is 65.0 Å². The van der Waals surface area contributed by atoms with Crippen LogP contribution in [-0.4, -0.2) is 58.7 Å². The molecule has 3 amide bonds. The zero-order valence-corrected chi connectivity index (χ0v) is 16.1. The quantitative estimate of drug-likeness (QED) is 0.874. The number of rotatable bonds is 4. The minimum absolute atomic E-state index is 0.0116. The molecule has 0 aliphatic carbocycles. The molecule has 28 heavy (non-hydrogen) atoms. The lowest BCUT2D eigenvalue weighted by molar-refractivity contribution is -0.130. The Hall–Kier alpha value is -3.22. The van der Waals surface area contributed by atoms with Gasteiger partial charge in [0, 0.05) is 51.4 Å². The highest BCUT2D eigenvalue weighted by Gasteiger charge is 2.24. The van der Waals surface area contributed by atoms with Gasteiger partial charge in [-0.05, 0) is 24.6 Å². The van der Waals surface area contributed by atoms with Gasteiger partial charge in [0.25, 0.3) is 11.8 Å². The number of nitrogens with one attached hydrogen (secondary N) is 1. The zero-order valence-electron chi connectivity index (χ0n) is 16.1. The second kappa shape index (κ2) is 8.65. The normalized spacial score (nSPS) is 13.9. The summed E-state index contributed by atoms with van der Waals surface area (Å²) in [6.45, 7) is 5.89. The number of nitrogens with zero attached hydrogens (tertiary/aromatic N) is 3. The van der Waals surface area contributed by atoms with E-state index in [1.54, 1.807) is 15.9 Å². The van der Waals surface area contributed by atoms with E-state index in [9.17, 15) is 14.4 Å². The minimum Gasteiger partial charge on any atom is -0.348 e. The van der Waals surface area contributed by atoms with Crippen LogP contribution in [-0.2, 0) is 11.3 Å². The van der Waals surface area contributed by atoms with Crippen molar-refractivity contribution in [2.75, 3.05) is 26.2 Å². The molecule has 2 aromatic rings. The Labute approximate surface area is 164 Å². The van der Waals surface area contributed by atoms with Gasteiger partial charge in [0.2, 0.25) is 5.91 Å². The predicted molar refractivity (Wildman–Crippen MR) is 105 cm³/mol. The molecule has 0 unspecified atom stereocenters. The smallest absolute Gasteiger partial charge is 0.272 e. The Morgan fingerprint density at radius 1 is 1.04 bits per heavy atom. The number of carbonyl (C=O) groups excluding carboxylic acids is 3. The van der Waals surface area contributed by atoms with Crippen LogP contribution in [0.2, 0.25) is 0 Å². The van der Waals surface area contributed by atoms with Crippen LogP contribution in [0.4, 0.5) is 0 Å². The molecule has 7 nitrogen and oxygen atoms in total. The molecule has 1 saturated heterocycles. The second-order valence-electron chi connectivity index (χ2n) is 6.90. The highest BCUT2D eigenvalue weighted by atomic mass is 16.2. The average molecular weight is 380 g/mol. The molecule has 1 aromatic carbocycles. The molecule has 1 aliphatic rings. The van der Waals surface area contributed by atoms with E-state index in [1.807, 2.05) is 31.2 Å². The van der Waals surface area contributed by atoms with E-state index in [4.69, 9.17) is 0 Å². The monoisotopic (exact) mass is 380 g/mol. The van der Waals surface area contributed by atoms with Gasteiger partial charge < -0.3 is 15.1 Å². The number of pyridine rings is 1. The first-order valence-electron chi connectivity index (χ1n) is 9.28.